The fourth-order valence-corrected chi connectivity index (χ4v) is 2.59. The molecule has 0 bridgehead atoms. The van der Waals surface area contributed by atoms with Gasteiger partial charge in [0.25, 0.3) is 0 Å². The molecule has 1 N–H and O–H groups in total. The number of rotatable bonds is 5. The minimum atomic E-state index is 0.375. The lowest BCUT2D eigenvalue weighted by Crippen LogP contribution is -2.25. The molecule has 1 aromatic heterocycles. The molecule has 0 amide bonds. The predicted molar refractivity (Wildman–Crippen MR) is 77.6 cm³/mol. The second-order valence-electron chi connectivity index (χ2n) is 5.02. The number of nitrogens with zero attached hydrogens (tertiary/aromatic N) is 3. The number of aromatic nitrogens is 3. The molecule has 0 saturated carbocycles. The van der Waals surface area contributed by atoms with E-state index >= 15 is 0 Å². The minimum absolute atomic E-state index is 0.375. The van der Waals surface area contributed by atoms with Crippen molar-refractivity contribution in [2.24, 2.45) is 0 Å². The average molecular weight is 272 g/mol. The van der Waals surface area contributed by atoms with Crippen molar-refractivity contribution in [1.82, 2.24) is 14.8 Å². The van der Waals surface area contributed by atoms with Gasteiger partial charge in [-0.2, -0.15) is 0 Å². The molecule has 106 valence electrons. The van der Waals surface area contributed by atoms with Crippen LogP contribution in [0.2, 0.25) is 0 Å². The van der Waals surface area contributed by atoms with E-state index in [0.717, 1.165) is 43.3 Å². The van der Waals surface area contributed by atoms with E-state index in [0.29, 0.717) is 12.6 Å². The molecule has 20 heavy (non-hydrogen) atoms. The maximum absolute atomic E-state index is 5.55. The minimum Gasteiger partial charge on any atom is -0.385 e. The zero-order valence-electron chi connectivity index (χ0n) is 11.7. The highest BCUT2D eigenvalue weighted by molar-refractivity contribution is 5.42. The molecule has 0 spiro atoms. The van der Waals surface area contributed by atoms with E-state index in [2.05, 4.69) is 39.1 Å². The molecule has 3 rings (SSSR count). The van der Waals surface area contributed by atoms with Crippen LogP contribution in [0.1, 0.15) is 31.0 Å². The first-order chi connectivity index (χ1) is 9.88. The molecule has 2 aromatic rings. The fourth-order valence-electron chi connectivity index (χ4n) is 2.59. The van der Waals surface area contributed by atoms with Gasteiger partial charge < -0.3 is 14.6 Å². The van der Waals surface area contributed by atoms with Crippen LogP contribution in [0, 0.1) is 0 Å². The third kappa shape index (κ3) is 2.67. The lowest BCUT2D eigenvalue weighted by atomic mass is 10.2. The number of hydrogen-bond acceptors (Lipinski definition) is 4. The number of anilines is 1. The third-order valence-electron chi connectivity index (χ3n) is 3.67. The van der Waals surface area contributed by atoms with Crippen molar-refractivity contribution in [1.29, 1.82) is 0 Å². The third-order valence-corrected chi connectivity index (χ3v) is 3.67. The lowest BCUT2D eigenvalue weighted by molar-refractivity contribution is 0.0524. The van der Waals surface area contributed by atoms with E-state index < -0.39 is 0 Å². The number of nitrogens with one attached hydrogen (secondary N) is 1. The first-order valence-electron chi connectivity index (χ1n) is 7.17. The Morgan fingerprint density at radius 3 is 2.95 bits per heavy atom. The fraction of sp³-hybridized carbons (Fsp3) is 0.467. The summed E-state index contributed by atoms with van der Waals surface area (Å²) in [6, 6.07) is 10.6. The summed E-state index contributed by atoms with van der Waals surface area (Å²) >= 11 is 0. The van der Waals surface area contributed by atoms with Gasteiger partial charge in [0.1, 0.15) is 12.4 Å². The van der Waals surface area contributed by atoms with E-state index in [1.54, 1.807) is 0 Å². The van der Waals surface area contributed by atoms with Gasteiger partial charge in [-0.05, 0) is 18.6 Å². The van der Waals surface area contributed by atoms with E-state index in [9.17, 15) is 0 Å². The second-order valence-corrected chi connectivity index (χ2v) is 5.02. The molecule has 5 nitrogen and oxygen atoms in total. The highest BCUT2D eigenvalue weighted by Gasteiger charge is 2.23. The number of para-hydroxylation sites is 1. The summed E-state index contributed by atoms with van der Waals surface area (Å²) < 4.78 is 7.81. The second kappa shape index (κ2) is 6.05. The van der Waals surface area contributed by atoms with Crippen molar-refractivity contribution in [3.8, 4) is 0 Å². The highest BCUT2D eigenvalue weighted by atomic mass is 16.5. The Kier molecular flexibility index (Phi) is 3.97. The zero-order chi connectivity index (χ0) is 13.8. The summed E-state index contributed by atoms with van der Waals surface area (Å²) in [6.07, 6.45) is 1.92. The molecule has 1 unspecified atom stereocenters. The SMILES string of the molecule is CCC1COCc2nnc(CCNc3ccccc3)n21. The van der Waals surface area contributed by atoms with Crippen molar-refractivity contribution in [2.75, 3.05) is 18.5 Å². The molecule has 0 aliphatic carbocycles. The van der Waals surface area contributed by atoms with E-state index in [1.807, 2.05) is 18.2 Å². The van der Waals surface area contributed by atoms with Crippen LogP contribution in [0.4, 0.5) is 5.69 Å². The summed E-state index contributed by atoms with van der Waals surface area (Å²) in [4.78, 5) is 0. The number of ether oxygens (including phenoxy) is 1. The molecule has 1 aromatic carbocycles. The van der Waals surface area contributed by atoms with E-state index in [-0.39, 0.29) is 0 Å². The molecular weight excluding hydrogens is 252 g/mol. The van der Waals surface area contributed by atoms with Crippen LogP contribution in [0.15, 0.2) is 30.3 Å². The molecular formula is C15H20N4O. The summed E-state index contributed by atoms with van der Waals surface area (Å²) in [5.41, 5.74) is 1.14. The number of hydrogen-bond donors (Lipinski definition) is 1. The average Bonchev–Trinajstić information content (AvgIpc) is 2.92. The Balaban J connectivity index is 1.65. The molecule has 2 heterocycles. The quantitative estimate of drug-likeness (QED) is 0.908. The van der Waals surface area contributed by atoms with Crippen LogP contribution in [-0.4, -0.2) is 27.9 Å². The molecule has 0 radical (unpaired) electrons. The number of fused-ring (bicyclic) bond motifs is 1. The highest BCUT2D eigenvalue weighted by Crippen LogP contribution is 2.22. The maximum atomic E-state index is 5.55. The molecule has 0 saturated heterocycles. The summed E-state index contributed by atoms with van der Waals surface area (Å²) in [5.74, 6) is 2.01. The first kappa shape index (κ1) is 13.1. The normalized spacial score (nSPS) is 17.8. The van der Waals surface area contributed by atoms with Gasteiger partial charge >= 0.3 is 0 Å². The van der Waals surface area contributed by atoms with Gasteiger partial charge in [0, 0.05) is 18.7 Å². The van der Waals surface area contributed by atoms with Crippen molar-refractivity contribution in [2.45, 2.75) is 32.4 Å². The van der Waals surface area contributed by atoms with Gasteiger partial charge in [-0.3, -0.25) is 0 Å². The molecule has 5 heteroatoms. The molecule has 0 fully saturated rings. The lowest BCUT2D eigenvalue weighted by Gasteiger charge is -2.25. The summed E-state index contributed by atoms with van der Waals surface area (Å²) in [6.45, 7) is 4.38. The Hall–Kier alpha value is -1.88. The van der Waals surface area contributed by atoms with Gasteiger partial charge in [-0.15, -0.1) is 10.2 Å². The van der Waals surface area contributed by atoms with Gasteiger partial charge in [0.15, 0.2) is 5.82 Å². The van der Waals surface area contributed by atoms with Crippen molar-refractivity contribution in [3.05, 3.63) is 42.0 Å². The topological polar surface area (TPSA) is 52.0 Å². The summed E-state index contributed by atoms with van der Waals surface area (Å²) in [7, 11) is 0. The monoisotopic (exact) mass is 272 g/mol. The van der Waals surface area contributed by atoms with Crippen LogP contribution >= 0.6 is 0 Å². The van der Waals surface area contributed by atoms with Crippen LogP contribution in [0.25, 0.3) is 0 Å². The van der Waals surface area contributed by atoms with Gasteiger partial charge in [0.05, 0.1) is 12.6 Å². The van der Waals surface area contributed by atoms with Crippen molar-refractivity contribution < 1.29 is 4.74 Å². The van der Waals surface area contributed by atoms with Crippen molar-refractivity contribution in [3.63, 3.8) is 0 Å². The molecule has 1 atom stereocenters. The Bertz CT molecular complexity index is 552. The van der Waals surface area contributed by atoms with Crippen molar-refractivity contribution >= 4 is 5.69 Å². The predicted octanol–water partition coefficient (Wildman–Crippen LogP) is 2.41. The zero-order valence-corrected chi connectivity index (χ0v) is 11.7. The van der Waals surface area contributed by atoms with Crippen LogP contribution in [0.5, 0.6) is 0 Å². The standard InChI is InChI=1S/C15H20N4O/c1-2-13-10-20-11-15-18-17-14(19(13)15)8-9-16-12-6-4-3-5-7-12/h3-7,13,16H,2,8-11H2,1H3. The Labute approximate surface area is 119 Å². The first-order valence-corrected chi connectivity index (χ1v) is 7.17. The largest absolute Gasteiger partial charge is 0.385 e. The van der Waals surface area contributed by atoms with Gasteiger partial charge in [-0.1, -0.05) is 25.1 Å². The van der Waals surface area contributed by atoms with E-state index in [1.165, 1.54) is 0 Å². The van der Waals surface area contributed by atoms with Crippen LogP contribution in [0.3, 0.4) is 0 Å². The van der Waals surface area contributed by atoms with E-state index in [4.69, 9.17) is 4.74 Å². The van der Waals surface area contributed by atoms with Gasteiger partial charge in [-0.25, -0.2) is 0 Å². The Morgan fingerprint density at radius 1 is 1.30 bits per heavy atom. The number of benzene rings is 1. The smallest absolute Gasteiger partial charge is 0.159 e. The summed E-state index contributed by atoms with van der Waals surface area (Å²) in [5, 5.41) is 12.0. The maximum Gasteiger partial charge on any atom is 0.159 e. The Morgan fingerprint density at radius 2 is 2.15 bits per heavy atom. The van der Waals surface area contributed by atoms with Crippen LogP contribution in [-0.2, 0) is 17.8 Å². The van der Waals surface area contributed by atoms with Gasteiger partial charge in [0.2, 0.25) is 0 Å². The molecule has 1 aliphatic rings. The molecule has 1 aliphatic heterocycles. The van der Waals surface area contributed by atoms with Crippen LogP contribution < -0.4 is 5.32 Å².